The Balaban J connectivity index is 2.08. The average Bonchev–Trinajstić information content (AvgIpc) is 2.43. The van der Waals surface area contributed by atoms with Gasteiger partial charge in [-0.25, -0.2) is 0 Å². The number of fused-ring (bicyclic) bond motifs is 1. The molecule has 1 heterocycles. The molecule has 1 aliphatic rings. The zero-order chi connectivity index (χ0) is 13.8. The van der Waals surface area contributed by atoms with Gasteiger partial charge in [-0.05, 0) is 43.0 Å². The molecule has 0 aliphatic carbocycles. The Kier molecular flexibility index (Phi) is 4.43. The highest BCUT2D eigenvalue weighted by atomic mass is 16.5. The van der Waals surface area contributed by atoms with Crippen LogP contribution in [0.3, 0.4) is 0 Å². The van der Waals surface area contributed by atoms with Crippen molar-refractivity contribution in [2.75, 3.05) is 13.2 Å². The van der Waals surface area contributed by atoms with Crippen molar-refractivity contribution < 1.29 is 9.53 Å². The molecular formula is C15H22N2O2. The molecule has 1 aromatic carbocycles. The molecule has 0 unspecified atom stereocenters. The van der Waals surface area contributed by atoms with Crippen LogP contribution < -0.4 is 10.5 Å². The number of rotatable bonds is 4. The first-order valence-corrected chi connectivity index (χ1v) is 6.90. The Hall–Kier alpha value is -1.55. The van der Waals surface area contributed by atoms with Crippen LogP contribution in [0.2, 0.25) is 0 Å². The normalized spacial score (nSPS) is 15.8. The van der Waals surface area contributed by atoms with Crippen LogP contribution in [-0.4, -0.2) is 30.0 Å². The van der Waals surface area contributed by atoms with Gasteiger partial charge < -0.3 is 15.4 Å². The third kappa shape index (κ3) is 3.26. The van der Waals surface area contributed by atoms with Gasteiger partial charge in [-0.3, -0.25) is 4.79 Å². The van der Waals surface area contributed by atoms with Crippen molar-refractivity contribution in [3.05, 3.63) is 29.3 Å². The average molecular weight is 262 g/mol. The number of hydrogen-bond donors (Lipinski definition) is 1. The Morgan fingerprint density at radius 3 is 2.95 bits per heavy atom. The lowest BCUT2D eigenvalue weighted by Gasteiger charge is -2.30. The van der Waals surface area contributed by atoms with Crippen LogP contribution in [0.4, 0.5) is 0 Å². The molecule has 0 saturated carbocycles. The van der Waals surface area contributed by atoms with E-state index in [0.717, 1.165) is 31.7 Å². The summed E-state index contributed by atoms with van der Waals surface area (Å²) in [5, 5.41) is 0. The van der Waals surface area contributed by atoms with E-state index in [2.05, 4.69) is 19.1 Å². The second-order valence-corrected chi connectivity index (χ2v) is 5.08. The standard InChI is InChI=1S/C15H22N2O2/c1-3-8-19-14-5-4-13-10-17(15(18)11(2)16)7-6-12(13)9-14/h4-5,9,11H,3,6-8,10,16H2,1-2H3/t11-/m0/s1. The fourth-order valence-corrected chi connectivity index (χ4v) is 2.32. The molecule has 0 aromatic heterocycles. The molecule has 1 aromatic rings. The van der Waals surface area contributed by atoms with Gasteiger partial charge in [0.1, 0.15) is 5.75 Å². The van der Waals surface area contributed by atoms with E-state index in [4.69, 9.17) is 10.5 Å². The number of benzene rings is 1. The van der Waals surface area contributed by atoms with E-state index >= 15 is 0 Å². The van der Waals surface area contributed by atoms with Crippen molar-refractivity contribution in [2.24, 2.45) is 5.73 Å². The topological polar surface area (TPSA) is 55.6 Å². The molecule has 0 fully saturated rings. The molecule has 104 valence electrons. The van der Waals surface area contributed by atoms with E-state index in [1.54, 1.807) is 6.92 Å². The molecule has 19 heavy (non-hydrogen) atoms. The van der Waals surface area contributed by atoms with Crippen molar-refractivity contribution in [1.29, 1.82) is 0 Å². The molecular weight excluding hydrogens is 240 g/mol. The van der Waals surface area contributed by atoms with Crippen LogP contribution in [0, 0.1) is 0 Å². The van der Waals surface area contributed by atoms with Gasteiger partial charge in [0, 0.05) is 13.1 Å². The second-order valence-electron chi connectivity index (χ2n) is 5.08. The zero-order valence-corrected chi connectivity index (χ0v) is 11.7. The summed E-state index contributed by atoms with van der Waals surface area (Å²) < 4.78 is 5.63. The Morgan fingerprint density at radius 2 is 2.26 bits per heavy atom. The maximum atomic E-state index is 11.9. The molecule has 1 amide bonds. The highest BCUT2D eigenvalue weighted by Crippen LogP contribution is 2.24. The van der Waals surface area contributed by atoms with E-state index in [-0.39, 0.29) is 5.91 Å². The highest BCUT2D eigenvalue weighted by Gasteiger charge is 2.22. The summed E-state index contributed by atoms with van der Waals surface area (Å²) in [6, 6.07) is 5.71. The first kappa shape index (κ1) is 13.9. The number of amides is 1. The Morgan fingerprint density at radius 1 is 1.47 bits per heavy atom. The van der Waals surface area contributed by atoms with Gasteiger partial charge in [-0.2, -0.15) is 0 Å². The lowest BCUT2D eigenvalue weighted by Crippen LogP contribution is -2.44. The van der Waals surface area contributed by atoms with Gasteiger partial charge in [-0.1, -0.05) is 13.0 Å². The minimum atomic E-state index is -0.422. The third-order valence-corrected chi connectivity index (χ3v) is 3.36. The Labute approximate surface area is 114 Å². The molecule has 0 spiro atoms. The van der Waals surface area contributed by atoms with Gasteiger partial charge in [0.05, 0.1) is 12.6 Å². The van der Waals surface area contributed by atoms with E-state index in [0.29, 0.717) is 6.54 Å². The van der Waals surface area contributed by atoms with Gasteiger partial charge in [-0.15, -0.1) is 0 Å². The van der Waals surface area contributed by atoms with Gasteiger partial charge >= 0.3 is 0 Å². The molecule has 2 N–H and O–H groups in total. The Bertz CT molecular complexity index is 457. The van der Waals surface area contributed by atoms with Crippen LogP contribution in [0.1, 0.15) is 31.4 Å². The van der Waals surface area contributed by atoms with Crippen LogP contribution >= 0.6 is 0 Å². The number of nitrogens with two attached hydrogens (primary N) is 1. The van der Waals surface area contributed by atoms with Gasteiger partial charge in [0.15, 0.2) is 0 Å². The van der Waals surface area contributed by atoms with E-state index in [1.807, 2.05) is 11.0 Å². The van der Waals surface area contributed by atoms with Crippen molar-refractivity contribution in [3.63, 3.8) is 0 Å². The van der Waals surface area contributed by atoms with Crippen molar-refractivity contribution in [2.45, 2.75) is 39.3 Å². The number of carbonyl (C=O) groups is 1. The number of ether oxygens (including phenoxy) is 1. The monoisotopic (exact) mass is 262 g/mol. The fraction of sp³-hybridized carbons (Fsp3) is 0.533. The van der Waals surface area contributed by atoms with E-state index in [9.17, 15) is 4.79 Å². The molecule has 2 rings (SSSR count). The summed E-state index contributed by atoms with van der Waals surface area (Å²) >= 11 is 0. The van der Waals surface area contributed by atoms with Gasteiger partial charge in [0.2, 0.25) is 5.91 Å². The minimum Gasteiger partial charge on any atom is -0.494 e. The summed E-state index contributed by atoms with van der Waals surface area (Å²) in [5.74, 6) is 0.949. The molecule has 0 saturated heterocycles. The lowest BCUT2D eigenvalue weighted by atomic mass is 9.99. The predicted octanol–water partition coefficient (Wildman–Crippen LogP) is 1.71. The summed E-state index contributed by atoms with van der Waals surface area (Å²) in [4.78, 5) is 13.7. The number of nitrogens with zero attached hydrogens (tertiary/aromatic N) is 1. The van der Waals surface area contributed by atoms with E-state index in [1.165, 1.54) is 11.1 Å². The largest absolute Gasteiger partial charge is 0.494 e. The van der Waals surface area contributed by atoms with Crippen LogP contribution in [-0.2, 0) is 17.8 Å². The first-order chi connectivity index (χ1) is 9.11. The van der Waals surface area contributed by atoms with Crippen molar-refractivity contribution in [3.8, 4) is 5.75 Å². The molecule has 1 atom stereocenters. The third-order valence-electron chi connectivity index (χ3n) is 3.36. The molecule has 1 aliphatic heterocycles. The predicted molar refractivity (Wildman–Crippen MR) is 75.0 cm³/mol. The molecule has 4 heteroatoms. The summed E-state index contributed by atoms with van der Waals surface area (Å²) in [6.45, 7) is 5.97. The lowest BCUT2D eigenvalue weighted by molar-refractivity contribution is -0.133. The molecule has 0 radical (unpaired) electrons. The maximum Gasteiger partial charge on any atom is 0.239 e. The van der Waals surface area contributed by atoms with Crippen LogP contribution in [0.25, 0.3) is 0 Å². The zero-order valence-electron chi connectivity index (χ0n) is 11.7. The summed E-state index contributed by atoms with van der Waals surface area (Å²) in [5.41, 5.74) is 8.13. The van der Waals surface area contributed by atoms with Crippen molar-refractivity contribution >= 4 is 5.91 Å². The smallest absolute Gasteiger partial charge is 0.239 e. The van der Waals surface area contributed by atoms with Gasteiger partial charge in [0.25, 0.3) is 0 Å². The number of hydrogen-bond acceptors (Lipinski definition) is 3. The van der Waals surface area contributed by atoms with E-state index < -0.39 is 6.04 Å². The first-order valence-electron chi connectivity index (χ1n) is 6.90. The second kappa shape index (κ2) is 6.06. The summed E-state index contributed by atoms with van der Waals surface area (Å²) in [7, 11) is 0. The SMILES string of the molecule is CCCOc1ccc2c(c1)CCN(C(=O)[C@H](C)N)C2. The minimum absolute atomic E-state index is 0.0250. The molecule has 0 bridgehead atoms. The van der Waals surface area contributed by atoms with Crippen molar-refractivity contribution in [1.82, 2.24) is 4.90 Å². The molecule has 4 nitrogen and oxygen atoms in total. The quantitative estimate of drug-likeness (QED) is 0.898. The fourth-order valence-electron chi connectivity index (χ4n) is 2.32. The highest BCUT2D eigenvalue weighted by molar-refractivity contribution is 5.81. The van der Waals surface area contributed by atoms with Crippen LogP contribution in [0.15, 0.2) is 18.2 Å². The van der Waals surface area contributed by atoms with Crippen LogP contribution in [0.5, 0.6) is 5.75 Å². The summed E-state index contributed by atoms with van der Waals surface area (Å²) in [6.07, 6.45) is 1.88. The number of carbonyl (C=O) groups excluding carboxylic acids is 1. The maximum absolute atomic E-state index is 11.9.